The van der Waals surface area contributed by atoms with Crippen LogP contribution in [0.15, 0.2) is 30.2 Å². The van der Waals surface area contributed by atoms with E-state index in [0.717, 1.165) is 0 Å². The summed E-state index contributed by atoms with van der Waals surface area (Å²) < 4.78 is 1.71. The minimum atomic E-state index is -1.06. The summed E-state index contributed by atoms with van der Waals surface area (Å²) in [5.41, 5.74) is 6.74. The Kier molecular flexibility index (Phi) is 2.74. The van der Waals surface area contributed by atoms with Crippen LogP contribution < -0.4 is 5.73 Å². The number of aromatic nitrogens is 3. The van der Waals surface area contributed by atoms with Crippen LogP contribution >= 0.6 is 0 Å². The molecular weight excluding hydrogens is 248 g/mol. The highest BCUT2D eigenvalue weighted by Gasteiger charge is 2.35. The first-order chi connectivity index (χ1) is 9.13. The lowest BCUT2D eigenvalue weighted by atomic mass is 10.1. The standard InChI is InChI=1S/C12H14N4O3/c13-11-7-1-2-16(12(7)15-5-14-11)8-3-6(4-17)9(18)10(8)19/h1-3,5,8-10,17-19H,4H2,(H2,13,14,15)/t8-,9-,10+/m1/s1. The molecule has 3 rings (SSSR count). The molecule has 2 aromatic rings. The number of aliphatic hydroxyl groups excluding tert-OH is 3. The molecular formula is C12H14N4O3. The minimum Gasteiger partial charge on any atom is -0.392 e. The van der Waals surface area contributed by atoms with Crippen molar-refractivity contribution in [2.75, 3.05) is 12.3 Å². The van der Waals surface area contributed by atoms with Gasteiger partial charge in [-0.15, -0.1) is 0 Å². The van der Waals surface area contributed by atoms with Gasteiger partial charge in [-0.2, -0.15) is 0 Å². The molecule has 7 heteroatoms. The van der Waals surface area contributed by atoms with Crippen molar-refractivity contribution in [3.8, 4) is 0 Å². The van der Waals surface area contributed by atoms with Gasteiger partial charge in [0.25, 0.3) is 0 Å². The lowest BCUT2D eigenvalue weighted by molar-refractivity contribution is 0.0288. The lowest BCUT2D eigenvalue weighted by Crippen LogP contribution is -2.30. The summed E-state index contributed by atoms with van der Waals surface area (Å²) >= 11 is 0. The molecule has 0 bridgehead atoms. The number of nitrogens with two attached hydrogens (primary N) is 1. The summed E-state index contributed by atoms with van der Waals surface area (Å²) in [5.74, 6) is 0.364. The summed E-state index contributed by atoms with van der Waals surface area (Å²) in [6, 6.07) is 1.28. The zero-order valence-electron chi connectivity index (χ0n) is 10.0. The van der Waals surface area contributed by atoms with E-state index in [2.05, 4.69) is 9.97 Å². The van der Waals surface area contributed by atoms with Crippen molar-refractivity contribution >= 4 is 16.9 Å². The largest absolute Gasteiger partial charge is 0.392 e. The highest BCUT2D eigenvalue weighted by atomic mass is 16.3. The zero-order chi connectivity index (χ0) is 13.6. The van der Waals surface area contributed by atoms with Crippen molar-refractivity contribution < 1.29 is 15.3 Å². The monoisotopic (exact) mass is 262 g/mol. The van der Waals surface area contributed by atoms with Gasteiger partial charge in [-0.25, -0.2) is 9.97 Å². The number of aliphatic hydroxyl groups is 3. The SMILES string of the molecule is Nc1ncnc2c1ccn2[C@@H]1C=C(CO)[C@@H](O)[C@H]1O. The van der Waals surface area contributed by atoms with Crippen molar-refractivity contribution in [3.05, 3.63) is 30.2 Å². The van der Waals surface area contributed by atoms with Gasteiger partial charge in [0.15, 0.2) is 0 Å². The molecule has 5 N–H and O–H groups in total. The molecule has 0 radical (unpaired) electrons. The molecule has 19 heavy (non-hydrogen) atoms. The first kappa shape index (κ1) is 12.1. The van der Waals surface area contributed by atoms with Crippen LogP contribution in [0, 0.1) is 0 Å². The van der Waals surface area contributed by atoms with Crippen LogP contribution in [0.25, 0.3) is 11.0 Å². The second kappa shape index (κ2) is 4.30. The maximum absolute atomic E-state index is 10.1. The molecule has 1 aliphatic rings. The van der Waals surface area contributed by atoms with Gasteiger partial charge in [0.2, 0.25) is 0 Å². The van der Waals surface area contributed by atoms with Crippen molar-refractivity contribution in [3.63, 3.8) is 0 Å². The molecule has 1 aliphatic carbocycles. The third-order valence-electron chi connectivity index (χ3n) is 3.48. The van der Waals surface area contributed by atoms with Gasteiger partial charge >= 0.3 is 0 Å². The Morgan fingerprint density at radius 1 is 1.32 bits per heavy atom. The zero-order valence-corrected chi connectivity index (χ0v) is 10.0. The van der Waals surface area contributed by atoms with Crippen LogP contribution in [-0.2, 0) is 0 Å². The van der Waals surface area contributed by atoms with Gasteiger partial charge in [-0.3, -0.25) is 0 Å². The number of anilines is 1. The first-order valence-corrected chi connectivity index (χ1v) is 5.88. The fourth-order valence-corrected chi connectivity index (χ4v) is 2.44. The van der Waals surface area contributed by atoms with E-state index in [1.165, 1.54) is 6.33 Å². The molecule has 0 amide bonds. The molecule has 100 valence electrons. The Balaban J connectivity index is 2.11. The minimum absolute atomic E-state index is 0.287. The molecule has 2 heterocycles. The predicted molar refractivity (Wildman–Crippen MR) is 68.2 cm³/mol. The number of rotatable bonds is 2. The highest BCUT2D eigenvalue weighted by molar-refractivity contribution is 5.86. The Bertz CT molecular complexity index is 651. The first-order valence-electron chi connectivity index (χ1n) is 5.88. The Labute approximate surface area is 108 Å². The van der Waals surface area contributed by atoms with E-state index in [9.17, 15) is 10.2 Å². The maximum atomic E-state index is 10.1. The van der Waals surface area contributed by atoms with E-state index in [-0.39, 0.29) is 6.61 Å². The average Bonchev–Trinajstić information content (AvgIpc) is 2.94. The molecule has 0 unspecified atom stereocenters. The lowest BCUT2D eigenvalue weighted by Gasteiger charge is -2.19. The fraction of sp³-hybridized carbons (Fsp3) is 0.333. The molecule has 0 aliphatic heterocycles. The number of fused-ring (bicyclic) bond motifs is 1. The van der Waals surface area contributed by atoms with Gasteiger partial charge in [0.05, 0.1) is 18.0 Å². The smallest absolute Gasteiger partial charge is 0.146 e. The summed E-state index contributed by atoms with van der Waals surface area (Å²) in [5, 5.41) is 29.7. The summed E-state index contributed by atoms with van der Waals surface area (Å²) in [4.78, 5) is 8.04. The van der Waals surface area contributed by atoms with Crippen LogP contribution in [0.4, 0.5) is 5.82 Å². The van der Waals surface area contributed by atoms with E-state index >= 15 is 0 Å². The highest BCUT2D eigenvalue weighted by Crippen LogP contribution is 2.32. The number of hydrogen-bond donors (Lipinski definition) is 4. The normalized spacial score (nSPS) is 26.9. The average molecular weight is 262 g/mol. The Morgan fingerprint density at radius 2 is 2.11 bits per heavy atom. The molecule has 0 saturated carbocycles. The Hall–Kier alpha value is -1.96. The van der Waals surface area contributed by atoms with E-state index in [1.807, 2.05) is 0 Å². The second-order valence-electron chi connectivity index (χ2n) is 4.54. The van der Waals surface area contributed by atoms with E-state index in [0.29, 0.717) is 22.4 Å². The predicted octanol–water partition coefficient (Wildman–Crippen LogP) is -0.791. The topological polar surface area (TPSA) is 117 Å². The summed E-state index contributed by atoms with van der Waals surface area (Å²) in [7, 11) is 0. The van der Waals surface area contributed by atoms with Gasteiger partial charge in [-0.05, 0) is 11.6 Å². The Morgan fingerprint density at radius 3 is 2.79 bits per heavy atom. The van der Waals surface area contributed by atoms with Crippen LogP contribution in [-0.4, -0.2) is 48.7 Å². The van der Waals surface area contributed by atoms with E-state index in [1.54, 1.807) is 22.9 Å². The third kappa shape index (κ3) is 1.71. The van der Waals surface area contributed by atoms with E-state index in [4.69, 9.17) is 10.8 Å². The fourth-order valence-electron chi connectivity index (χ4n) is 2.44. The number of nitrogen functional groups attached to an aromatic ring is 1. The molecule has 2 aromatic heterocycles. The van der Waals surface area contributed by atoms with Crippen LogP contribution in [0.5, 0.6) is 0 Å². The molecule has 0 fully saturated rings. The van der Waals surface area contributed by atoms with Crippen LogP contribution in [0.2, 0.25) is 0 Å². The van der Waals surface area contributed by atoms with Crippen LogP contribution in [0.3, 0.4) is 0 Å². The number of nitrogens with zero attached hydrogens (tertiary/aromatic N) is 3. The quantitative estimate of drug-likeness (QED) is 0.527. The summed E-state index contributed by atoms with van der Waals surface area (Å²) in [6.45, 7) is -0.287. The molecule has 0 aromatic carbocycles. The molecule has 7 nitrogen and oxygen atoms in total. The van der Waals surface area contributed by atoms with Crippen molar-refractivity contribution in [2.45, 2.75) is 18.2 Å². The summed E-state index contributed by atoms with van der Waals surface area (Å²) in [6.07, 6.45) is 2.64. The van der Waals surface area contributed by atoms with Gasteiger partial charge in [0.1, 0.15) is 30.0 Å². The molecule has 0 saturated heterocycles. The van der Waals surface area contributed by atoms with Gasteiger partial charge in [-0.1, -0.05) is 6.08 Å². The maximum Gasteiger partial charge on any atom is 0.146 e. The van der Waals surface area contributed by atoms with Crippen molar-refractivity contribution in [2.24, 2.45) is 0 Å². The van der Waals surface area contributed by atoms with Gasteiger partial charge in [0, 0.05) is 6.20 Å². The number of hydrogen-bond acceptors (Lipinski definition) is 6. The molecule has 3 atom stereocenters. The van der Waals surface area contributed by atoms with Crippen molar-refractivity contribution in [1.82, 2.24) is 14.5 Å². The second-order valence-corrected chi connectivity index (χ2v) is 4.54. The van der Waals surface area contributed by atoms with E-state index < -0.39 is 18.2 Å². The van der Waals surface area contributed by atoms with Crippen LogP contribution in [0.1, 0.15) is 6.04 Å². The van der Waals surface area contributed by atoms with Gasteiger partial charge < -0.3 is 25.6 Å². The molecule has 0 spiro atoms. The third-order valence-corrected chi connectivity index (χ3v) is 3.48. The van der Waals surface area contributed by atoms with Crippen molar-refractivity contribution in [1.29, 1.82) is 0 Å².